The van der Waals surface area contributed by atoms with Crippen LogP contribution in [0.5, 0.6) is 0 Å². The second-order valence-corrected chi connectivity index (χ2v) is 5.26. The zero-order valence-corrected chi connectivity index (χ0v) is 11.2. The van der Waals surface area contributed by atoms with Gasteiger partial charge < -0.3 is 10.4 Å². The third-order valence-corrected chi connectivity index (χ3v) is 3.93. The van der Waals surface area contributed by atoms with E-state index in [1.54, 1.807) is 11.8 Å². The van der Waals surface area contributed by atoms with E-state index < -0.39 is 12.0 Å². The van der Waals surface area contributed by atoms with Gasteiger partial charge in [0.2, 0.25) is 0 Å². The Kier molecular flexibility index (Phi) is 4.63. The number of carboxylic acids is 1. The van der Waals surface area contributed by atoms with Crippen LogP contribution in [0.4, 0.5) is 0 Å². The number of benzene rings is 1. The Balaban J connectivity index is 2.03. The average molecular weight is 266 g/mol. The molecule has 98 valence electrons. The summed E-state index contributed by atoms with van der Waals surface area (Å²) in [6, 6.07) is 7.90. The minimum atomic E-state index is -0.747. The highest BCUT2D eigenvalue weighted by Crippen LogP contribution is 2.17. The minimum Gasteiger partial charge on any atom is -0.480 e. The number of piperazine rings is 1. The molecule has 0 radical (unpaired) electrons. The van der Waals surface area contributed by atoms with Gasteiger partial charge >= 0.3 is 5.97 Å². The van der Waals surface area contributed by atoms with Crippen LogP contribution in [0.3, 0.4) is 0 Å². The second kappa shape index (κ2) is 6.22. The highest BCUT2D eigenvalue weighted by molar-refractivity contribution is 7.98. The van der Waals surface area contributed by atoms with Gasteiger partial charge in [0.05, 0.1) is 0 Å². The van der Waals surface area contributed by atoms with Gasteiger partial charge in [0.15, 0.2) is 0 Å². The molecule has 1 aromatic carbocycles. The number of hydrogen-bond acceptors (Lipinski definition) is 4. The lowest BCUT2D eigenvalue weighted by Crippen LogP contribution is -2.54. The molecule has 4 nitrogen and oxygen atoms in total. The standard InChI is InChI=1S/C13H18N2O2S/c1-18-11-4-2-10(3-5-11)9-15-7-6-14-8-12(15)13(16)17/h2-5,12,14H,6-9H2,1H3,(H,16,17). The molecule has 1 aliphatic rings. The van der Waals surface area contributed by atoms with Crippen molar-refractivity contribution in [3.8, 4) is 0 Å². The predicted molar refractivity (Wildman–Crippen MR) is 72.9 cm³/mol. The van der Waals surface area contributed by atoms with Crippen molar-refractivity contribution in [2.24, 2.45) is 0 Å². The van der Waals surface area contributed by atoms with E-state index >= 15 is 0 Å². The molecule has 0 amide bonds. The van der Waals surface area contributed by atoms with Crippen molar-refractivity contribution in [3.63, 3.8) is 0 Å². The van der Waals surface area contributed by atoms with Crippen LogP contribution in [0.25, 0.3) is 0 Å². The fourth-order valence-corrected chi connectivity index (χ4v) is 2.55. The van der Waals surface area contributed by atoms with Crippen molar-refractivity contribution in [1.82, 2.24) is 10.2 Å². The van der Waals surface area contributed by atoms with Crippen LogP contribution in [0.2, 0.25) is 0 Å². The van der Waals surface area contributed by atoms with Crippen LogP contribution in [0.1, 0.15) is 5.56 Å². The molecule has 5 heteroatoms. The maximum Gasteiger partial charge on any atom is 0.322 e. The lowest BCUT2D eigenvalue weighted by molar-refractivity contribution is -0.144. The first-order chi connectivity index (χ1) is 8.70. The summed E-state index contributed by atoms with van der Waals surface area (Å²) in [5.41, 5.74) is 1.17. The Morgan fingerprint density at radius 3 is 2.83 bits per heavy atom. The van der Waals surface area contributed by atoms with Gasteiger partial charge in [0, 0.05) is 31.1 Å². The minimum absolute atomic E-state index is 0.418. The van der Waals surface area contributed by atoms with Crippen molar-refractivity contribution in [3.05, 3.63) is 29.8 Å². The molecular formula is C13H18N2O2S. The molecular weight excluding hydrogens is 248 g/mol. The first-order valence-corrected chi connectivity index (χ1v) is 7.23. The van der Waals surface area contributed by atoms with Crippen LogP contribution in [-0.2, 0) is 11.3 Å². The summed E-state index contributed by atoms with van der Waals surface area (Å²) in [5, 5.41) is 12.3. The van der Waals surface area contributed by atoms with Gasteiger partial charge in [-0.15, -0.1) is 11.8 Å². The van der Waals surface area contributed by atoms with E-state index in [9.17, 15) is 9.90 Å². The molecule has 1 unspecified atom stereocenters. The van der Waals surface area contributed by atoms with E-state index in [-0.39, 0.29) is 0 Å². The van der Waals surface area contributed by atoms with Crippen molar-refractivity contribution < 1.29 is 9.90 Å². The Morgan fingerprint density at radius 2 is 2.22 bits per heavy atom. The third-order valence-electron chi connectivity index (χ3n) is 3.18. The van der Waals surface area contributed by atoms with E-state index in [0.29, 0.717) is 13.1 Å². The Morgan fingerprint density at radius 1 is 1.50 bits per heavy atom. The Bertz CT molecular complexity index is 408. The third kappa shape index (κ3) is 3.25. The van der Waals surface area contributed by atoms with Gasteiger partial charge in [0.1, 0.15) is 6.04 Å². The summed E-state index contributed by atoms with van der Waals surface area (Å²) in [6.45, 7) is 2.86. The van der Waals surface area contributed by atoms with Gasteiger partial charge in [-0.2, -0.15) is 0 Å². The van der Waals surface area contributed by atoms with E-state index in [1.165, 1.54) is 10.5 Å². The summed E-state index contributed by atoms with van der Waals surface area (Å²) < 4.78 is 0. The maximum atomic E-state index is 11.2. The predicted octanol–water partition coefficient (Wildman–Crippen LogP) is 1.27. The first-order valence-electron chi connectivity index (χ1n) is 6.01. The molecule has 18 heavy (non-hydrogen) atoms. The Hall–Kier alpha value is -1.04. The summed E-state index contributed by atoms with van der Waals surface area (Å²) in [5.74, 6) is -0.747. The van der Waals surface area contributed by atoms with Gasteiger partial charge in [-0.05, 0) is 24.0 Å². The highest BCUT2D eigenvalue weighted by atomic mass is 32.2. The molecule has 1 aromatic rings. The zero-order valence-electron chi connectivity index (χ0n) is 10.4. The lowest BCUT2D eigenvalue weighted by Gasteiger charge is -2.33. The molecule has 0 aliphatic carbocycles. The fourth-order valence-electron chi connectivity index (χ4n) is 2.14. The smallest absolute Gasteiger partial charge is 0.322 e. The molecule has 0 bridgehead atoms. The normalized spacial score (nSPS) is 20.8. The lowest BCUT2D eigenvalue weighted by atomic mass is 10.1. The number of thioether (sulfide) groups is 1. The molecule has 2 rings (SSSR count). The maximum absolute atomic E-state index is 11.2. The molecule has 1 fully saturated rings. The molecule has 0 aromatic heterocycles. The summed E-state index contributed by atoms with van der Waals surface area (Å²) in [4.78, 5) is 14.4. The van der Waals surface area contributed by atoms with Crippen LogP contribution in [0.15, 0.2) is 29.2 Å². The summed E-state index contributed by atoms with van der Waals surface area (Å²) >= 11 is 1.71. The molecule has 1 aliphatic heterocycles. The topological polar surface area (TPSA) is 52.6 Å². The van der Waals surface area contributed by atoms with Crippen LogP contribution < -0.4 is 5.32 Å². The summed E-state index contributed by atoms with van der Waals surface area (Å²) in [7, 11) is 0. The number of rotatable bonds is 4. The van der Waals surface area contributed by atoms with Crippen LogP contribution >= 0.6 is 11.8 Å². The molecule has 1 atom stereocenters. The van der Waals surface area contributed by atoms with Gasteiger partial charge in [-0.3, -0.25) is 9.69 Å². The fraction of sp³-hybridized carbons (Fsp3) is 0.462. The van der Waals surface area contributed by atoms with Gasteiger partial charge in [-0.25, -0.2) is 0 Å². The molecule has 1 heterocycles. The average Bonchev–Trinajstić information content (AvgIpc) is 2.40. The van der Waals surface area contributed by atoms with Gasteiger partial charge in [0.25, 0.3) is 0 Å². The SMILES string of the molecule is CSc1ccc(CN2CCNCC2C(=O)O)cc1. The monoisotopic (exact) mass is 266 g/mol. The van der Waals surface area contributed by atoms with Crippen molar-refractivity contribution >= 4 is 17.7 Å². The van der Waals surface area contributed by atoms with Crippen LogP contribution in [-0.4, -0.2) is 47.9 Å². The van der Waals surface area contributed by atoms with E-state index in [2.05, 4.69) is 29.6 Å². The van der Waals surface area contributed by atoms with Gasteiger partial charge in [-0.1, -0.05) is 12.1 Å². The number of aliphatic carboxylic acids is 1. The Labute approximate surface area is 111 Å². The number of carbonyl (C=O) groups is 1. The summed E-state index contributed by atoms with van der Waals surface area (Å²) in [6.07, 6.45) is 2.05. The molecule has 2 N–H and O–H groups in total. The van der Waals surface area contributed by atoms with Crippen molar-refractivity contribution in [2.45, 2.75) is 17.5 Å². The van der Waals surface area contributed by atoms with Crippen LogP contribution in [0, 0.1) is 0 Å². The van der Waals surface area contributed by atoms with E-state index in [0.717, 1.165) is 13.1 Å². The number of nitrogens with one attached hydrogen (secondary N) is 1. The van der Waals surface area contributed by atoms with Crippen molar-refractivity contribution in [2.75, 3.05) is 25.9 Å². The number of hydrogen-bond donors (Lipinski definition) is 2. The molecule has 0 saturated carbocycles. The number of carboxylic acid groups (broad SMARTS) is 1. The zero-order chi connectivity index (χ0) is 13.0. The molecule has 1 saturated heterocycles. The highest BCUT2D eigenvalue weighted by Gasteiger charge is 2.27. The van der Waals surface area contributed by atoms with E-state index in [4.69, 9.17) is 0 Å². The second-order valence-electron chi connectivity index (χ2n) is 4.38. The first kappa shape index (κ1) is 13.4. The molecule has 0 spiro atoms. The quantitative estimate of drug-likeness (QED) is 0.804. The van der Waals surface area contributed by atoms with Crippen molar-refractivity contribution in [1.29, 1.82) is 0 Å². The largest absolute Gasteiger partial charge is 0.480 e. The van der Waals surface area contributed by atoms with E-state index in [1.807, 2.05) is 11.2 Å². The number of nitrogens with zero attached hydrogens (tertiary/aromatic N) is 1.